The molecule has 0 N–H and O–H groups in total. The largest absolute Gasteiger partial charge is 0.454 e. The summed E-state index contributed by atoms with van der Waals surface area (Å²) < 4.78 is 5.66. The van der Waals surface area contributed by atoms with Gasteiger partial charge in [0.25, 0.3) is 0 Å². The molecule has 3 unspecified atom stereocenters. The Balaban J connectivity index is 0.000000343. The standard InChI is InChI=1S/C21H20O2.C6H6/c1-2-7-16-8-6-11-18(13-12-16)23-21(22)20-15-14-19(20)17-9-4-3-5-10-17;1-2-4-6-5-3-1/h3-6,8-13,18-20H,14-15H2,1H3;1-6H. The van der Waals surface area contributed by atoms with Crippen LogP contribution in [-0.2, 0) is 9.53 Å². The molecule has 0 aliphatic heterocycles. The van der Waals surface area contributed by atoms with Crippen molar-refractivity contribution in [3.63, 3.8) is 0 Å². The van der Waals surface area contributed by atoms with E-state index in [4.69, 9.17) is 4.74 Å². The zero-order valence-electron chi connectivity index (χ0n) is 16.7. The maximum atomic E-state index is 12.5. The third-order valence-corrected chi connectivity index (χ3v) is 5.04. The Hall–Kier alpha value is -3.31. The van der Waals surface area contributed by atoms with E-state index < -0.39 is 0 Å². The molecule has 2 nitrogen and oxygen atoms in total. The molecule has 0 amide bonds. The second-order valence-electron chi connectivity index (χ2n) is 7.00. The van der Waals surface area contributed by atoms with Gasteiger partial charge in [-0.05, 0) is 55.6 Å². The highest BCUT2D eigenvalue weighted by molar-refractivity contribution is 5.75. The van der Waals surface area contributed by atoms with Crippen LogP contribution >= 0.6 is 0 Å². The summed E-state index contributed by atoms with van der Waals surface area (Å²) in [7, 11) is 0. The number of rotatable bonds is 3. The minimum atomic E-state index is -0.313. The third kappa shape index (κ3) is 6.09. The van der Waals surface area contributed by atoms with E-state index in [-0.39, 0.29) is 18.0 Å². The number of benzene rings is 2. The molecule has 3 atom stereocenters. The Kier molecular flexibility index (Phi) is 7.66. The van der Waals surface area contributed by atoms with Crippen LogP contribution in [0.25, 0.3) is 0 Å². The van der Waals surface area contributed by atoms with Gasteiger partial charge >= 0.3 is 5.97 Å². The van der Waals surface area contributed by atoms with Gasteiger partial charge in [0.15, 0.2) is 0 Å². The van der Waals surface area contributed by atoms with Crippen LogP contribution in [0.5, 0.6) is 0 Å². The highest BCUT2D eigenvalue weighted by Crippen LogP contribution is 2.43. The Morgan fingerprint density at radius 1 is 0.931 bits per heavy atom. The quantitative estimate of drug-likeness (QED) is 0.491. The summed E-state index contributed by atoms with van der Waals surface area (Å²) in [5.74, 6) is 6.04. The van der Waals surface area contributed by atoms with Crippen LogP contribution < -0.4 is 0 Å². The number of ether oxygens (including phenoxy) is 1. The van der Waals surface area contributed by atoms with Gasteiger partial charge in [-0.25, -0.2) is 0 Å². The zero-order valence-corrected chi connectivity index (χ0v) is 16.7. The normalized spacial score (nSPS) is 21.8. The van der Waals surface area contributed by atoms with Gasteiger partial charge in [0.1, 0.15) is 6.10 Å². The molecule has 29 heavy (non-hydrogen) atoms. The van der Waals surface area contributed by atoms with Crippen molar-refractivity contribution in [3.8, 4) is 11.8 Å². The number of allylic oxidation sites excluding steroid dienone is 4. The summed E-state index contributed by atoms with van der Waals surface area (Å²) in [4.78, 5) is 12.5. The molecule has 2 heteroatoms. The van der Waals surface area contributed by atoms with E-state index in [9.17, 15) is 4.79 Å². The highest BCUT2D eigenvalue weighted by Gasteiger charge is 2.39. The van der Waals surface area contributed by atoms with E-state index in [2.05, 4.69) is 24.0 Å². The van der Waals surface area contributed by atoms with E-state index in [1.54, 1.807) is 6.92 Å². The van der Waals surface area contributed by atoms with Gasteiger partial charge < -0.3 is 4.74 Å². The van der Waals surface area contributed by atoms with Gasteiger partial charge in [0, 0.05) is 5.57 Å². The van der Waals surface area contributed by atoms with E-state index in [1.807, 2.05) is 85.0 Å². The fourth-order valence-electron chi connectivity index (χ4n) is 3.38. The minimum Gasteiger partial charge on any atom is -0.454 e. The molecule has 1 fully saturated rings. The Bertz CT molecular complexity index is 900. The smallest absolute Gasteiger partial charge is 0.310 e. The second-order valence-corrected chi connectivity index (χ2v) is 7.00. The zero-order chi connectivity index (χ0) is 20.3. The van der Waals surface area contributed by atoms with Gasteiger partial charge in [-0.1, -0.05) is 78.7 Å². The Labute approximate surface area is 173 Å². The van der Waals surface area contributed by atoms with Crippen molar-refractivity contribution in [2.75, 3.05) is 0 Å². The molecule has 2 aliphatic carbocycles. The van der Waals surface area contributed by atoms with Gasteiger partial charge in [-0.2, -0.15) is 0 Å². The summed E-state index contributed by atoms with van der Waals surface area (Å²) >= 11 is 0. The van der Waals surface area contributed by atoms with Crippen molar-refractivity contribution in [1.82, 2.24) is 0 Å². The van der Waals surface area contributed by atoms with Gasteiger partial charge in [-0.3, -0.25) is 4.79 Å². The van der Waals surface area contributed by atoms with E-state index >= 15 is 0 Å². The summed E-state index contributed by atoms with van der Waals surface area (Å²) in [5, 5.41) is 0. The van der Waals surface area contributed by atoms with Crippen LogP contribution in [0.15, 0.2) is 103 Å². The lowest BCUT2D eigenvalue weighted by molar-refractivity contribution is -0.154. The number of carbonyl (C=O) groups excluding carboxylic acids is 1. The van der Waals surface area contributed by atoms with Gasteiger partial charge in [0.05, 0.1) is 5.92 Å². The number of hydrogen-bond donors (Lipinski definition) is 0. The molecule has 0 saturated heterocycles. The molecule has 2 aromatic carbocycles. The predicted octanol–water partition coefficient (Wildman–Crippen LogP) is 5.85. The first kappa shape index (κ1) is 20.4. The first-order valence-corrected chi connectivity index (χ1v) is 10.0. The SMILES string of the molecule is CC#CC1=CC=CC(OC(=O)C2CCC2c2ccccc2)C=C1.c1ccccc1. The van der Waals surface area contributed by atoms with Crippen LogP contribution in [0.2, 0.25) is 0 Å². The average Bonchev–Trinajstić information content (AvgIpc) is 2.95. The van der Waals surface area contributed by atoms with Gasteiger partial charge in [-0.15, -0.1) is 5.92 Å². The van der Waals surface area contributed by atoms with E-state index in [0.717, 1.165) is 18.4 Å². The van der Waals surface area contributed by atoms with Crippen LogP contribution in [0.4, 0.5) is 0 Å². The molecular formula is C27H26O2. The maximum Gasteiger partial charge on any atom is 0.310 e. The third-order valence-electron chi connectivity index (χ3n) is 5.04. The van der Waals surface area contributed by atoms with Crippen molar-refractivity contribution < 1.29 is 9.53 Å². The summed E-state index contributed by atoms with van der Waals surface area (Å²) in [6, 6.07) is 22.2. The number of esters is 1. The predicted molar refractivity (Wildman–Crippen MR) is 118 cm³/mol. The number of carbonyl (C=O) groups is 1. The highest BCUT2D eigenvalue weighted by atomic mass is 16.5. The molecule has 1 saturated carbocycles. The topological polar surface area (TPSA) is 26.3 Å². The van der Waals surface area contributed by atoms with Gasteiger partial charge in [0.2, 0.25) is 0 Å². The monoisotopic (exact) mass is 382 g/mol. The lowest BCUT2D eigenvalue weighted by Gasteiger charge is -2.35. The molecule has 0 spiro atoms. The molecule has 0 radical (unpaired) electrons. The summed E-state index contributed by atoms with van der Waals surface area (Å²) in [6.07, 6.45) is 11.1. The van der Waals surface area contributed by atoms with Crippen molar-refractivity contribution in [1.29, 1.82) is 0 Å². The first-order valence-electron chi connectivity index (χ1n) is 10.0. The van der Waals surface area contributed by atoms with Crippen LogP contribution in [0, 0.1) is 17.8 Å². The molecule has 0 bridgehead atoms. The Morgan fingerprint density at radius 2 is 1.59 bits per heavy atom. The van der Waals surface area contributed by atoms with Crippen molar-refractivity contribution in [2.45, 2.75) is 31.8 Å². The first-order chi connectivity index (χ1) is 14.3. The van der Waals surface area contributed by atoms with Crippen LogP contribution in [0.1, 0.15) is 31.2 Å². The molecule has 146 valence electrons. The van der Waals surface area contributed by atoms with Crippen molar-refractivity contribution in [2.24, 2.45) is 5.92 Å². The van der Waals surface area contributed by atoms with E-state index in [0.29, 0.717) is 5.92 Å². The van der Waals surface area contributed by atoms with Crippen LogP contribution in [0.3, 0.4) is 0 Å². The van der Waals surface area contributed by atoms with Crippen molar-refractivity contribution in [3.05, 3.63) is 108 Å². The molecule has 2 aromatic rings. The fourth-order valence-corrected chi connectivity index (χ4v) is 3.38. The summed E-state index contributed by atoms with van der Waals surface area (Å²) in [5.41, 5.74) is 2.16. The van der Waals surface area contributed by atoms with Crippen molar-refractivity contribution >= 4 is 5.97 Å². The lowest BCUT2D eigenvalue weighted by Crippen LogP contribution is -2.34. The average molecular weight is 383 g/mol. The molecule has 2 aliphatic rings. The molecule has 0 aromatic heterocycles. The summed E-state index contributed by atoms with van der Waals surface area (Å²) in [6.45, 7) is 1.81. The minimum absolute atomic E-state index is 0.0229. The fraction of sp³-hybridized carbons (Fsp3) is 0.222. The number of hydrogen-bond acceptors (Lipinski definition) is 2. The maximum absolute atomic E-state index is 12.5. The lowest BCUT2D eigenvalue weighted by atomic mass is 9.70. The molecular weight excluding hydrogens is 356 g/mol. The Morgan fingerprint density at radius 3 is 2.17 bits per heavy atom. The molecule has 4 rings (SSSR count). The van der Waals surface area contributed by atoms with E-state index in [1.165, 1.54) is 5.56 Å². The molecule has 0 heterocycles. The second kappa shape index (κ2) is 10.9. The van der Waals surface area contributed by atoms with Crippen LogP contribution in [-0.4, -0.2) is 12.1 Å².